The Hall–Kier alpha value is -3.80. The highest BCUT2D eigenvalue weighted by molar-refractivity contribution is 6.23. The molecule has 11 heteroatoms. The molecule has 2 aliphatic rings. The standard InChI is InChI=1S/C31H43N3O8/c1-8-12-33-26-21-13-17(2)14-25(41-7)27(36)19(4)15-20(5)29(42-31(32)39)24(40-6)11-9-10-18(3)30(38)34-22(28(21)37)16-23(26)35/h8-11,15-17,19,24-25,27,29,33,36H,1,12-14H2,2-7H3,(H2,32,39)(H,34,38)/b11-9+,18-10+,20-15+/t17-,19-,24-,25-,27+,29+/m0/s1. The quantitative estimate of drug-likeness (QED) is 0.271. The van der Waals surface area contributed by atoms with Gasteiger partial charge in [-0.05, 0) is 38.2 Å². The number of methoxy groups -OCH3 is 2. The Morgan fingerprint density at radius 2 is 1.90 bits per heavy atom. The molecule has 5 N–H and O–H groups in total. The fraction of sp³-hybridized carbons (Fsp3) is 0.484. The fourth-order valence-corrected chi connectivity index (χ4v) is 4.95. The highest BCUT2D eigenvalue weighted by atomic mass is 16.6. The van der Waals surface area contributed by atoms with E-state index in [9.17, 15) is 24.3 Å². The molecule has 0 aromatic rings. The first-order valence-electron chi connectivity index (χ1n) is 13.8. The van der Waals surface area contributed by atoms with E-state index in [4.69, 9.17) is 19.9 Å². The zero-order valence-electron chi connectivity index (χ0n) is 25.1. The normalized spacial score (nSPS) is 31.6. The molecule has 2 bridgehead atoms. The number of amides is 2. The number of aliphatic hydroxyl groups excluding tert-OH is 1. The van der Waals surface area contributed by atoms with Crippen LogP contribution in [0.1, 0.15) is 40.5 Å². The molecular formula is C31H43N3O8. The van der Waals surface area contributed by atoms with Crippen molar-refractivity contribution in [2.75, 3.05) is 20.8 Å². The third-order valence-electron chi connectivity index (χ3n) is 7.22. The first-order chi connectivity index (χ1) is 19.8. The molecular weight excluding hydrogens is 542 g/mol. The summed E-state index contributed by atoms with van der Waals surface area (Å²) < 4.78 is 16.6. The first-order valence-corrected chi connectivity index (χ1v) is 13.8. The van der Waals surface area contributed by atoms with Crippen molar-refractivity contribution >= 4 is 23.6 Å². The van der Waals surface area contributed by atoms with Crippen molar-refractivity contribution in [3.8, 4) is 0 Å². The molecule has 2 amide bonds. The van der Waals surface area contributed by atoms with Crippen molar-refractivity contribution in [1.29, 1.82) is 0 Å². The Bertz CT molecular complexity index is 1210. The number of nitrogens with two attached hydrogens (primary N) is 1. The van der Waals surface area contributed by atoms with E-state index in [0.29, 0.717) is 12.0 Å². The van der Waals surface area contributed by atoms with Gasteiger partial charge in [-0.1, -0.05) is 44.2 Å². The summed E-state index contributed by atoms with van der Waals surface area (Å²) in [4.78, 5) is 51.3. The SMILES string of the molecule is C=CCNC1=C2C[C@H](C)C[C@H](OC)[C@H](O)[C@@H](C)/C=C(\C)[C@@H](OC(N)=O)[C@@H](OC)/C=C/C=C(\C)C(=O)NC(=CC1=O)C2=O. The Kier molecular flexibility index (Phi) is 13.1. The second kappa shape index (κ2) is 16.0. The lowest BCUT2D eigenvalue weighted by Crippen LogP contribution is -2.37. The largest absolute Gasteiger partial charge is 0.439 e. The number of primary amides is 1. The number of rotatable bonds is 6. The van der Waals surface area contributed by atoms with Crippen LogP contribution in [0.3, 0.4) is 0 Å². The predicted molar refractivity (Wildman–Crippen MR) is 158 cm³/mol. The third kappa shape index (κ3) is 9.10. The van der Waals surface area contributed by atoms with E-state index in [-0.39, 0.29) is 41.4 Å². The number of hydrogen-bond acceptors (Lipinski definition) is 9. The zero-order valence-corrected chi connectivity index (χ0v) is 25.1. The molecule has 0 spiro atoms. The predicted octanol–water partition coefficient (Wildman–Crippen LogP) is 2.54. The minimum absolute atomic E-state index is 0.132. The van der Waals surface area contributed by atoms with Crippen LogP contribution >= 0.6 is 0 Å². The van der Waals surface area contributed by atoms with Gasteiger partial charge < -0.3 is 35.7 Å². The van der Waals surface area contributed by atoms with Gasteiger partial charge in [-0.2, -0.15) is 0 Å². The summed E-state index contributed by atoms with van der Waals surface area (Å²) in [6.45, 7) is 10.9. The molecule has 0 saturated heterocycles. The Labute approximate surface area is 247 Å². The number of nitrogens with one attached hydrogen (secondary N) is 2. The number of Topliss-reactive ketones (excluding diaryl/α,β-unsaturated/α-hetero) is 1. The molecule has 230 valence electrons. The van der Waals surface area contributed by atoms with Crippen LogP contribution in [-0.4, -0.2) is 73.9 Å². The van der Waals surface area contributed by atoms with Crippen LogP contribution < -0.4 is 16.4 Å². The highest BCUT2D eigenvalue weighted by Gasteiger charge is 2.33. The van der Waals surface area contributed by atoms with Gasteiger partial charge in [0, 0.05) is 43.9 Å². The molecule has 42 heavy (non-hydrogen) atoms. The molecule has 0 fully saturated rings. The summed E-state index contributed by atoms with van der Waals surface area (Å²) in [5.41, 5.74) is 6.42. The van der Waals surface area contributed by atoms with Crippen LogP contribution in [0.4, 0.5) is 4.79 Å². The van der Waals surface area contributed by atoms with Gasteiger partial charge in [0.1, 0.15) is 6.10 Å². The molecule has 0 aromatic carbocycles. The maximum absolute atomic E-state index is 13.5. The fourth-order valence-electron chi connectivity index (χ4n) is 4.95. The number of ether oxygens (including phenoxy) is 3. The number of fused-ring (bicyclic) bond motifs is 2. The number of carbonyl (C=O) groups excluding carboxylic acids is 4. The second-order valence-electron chi connectivity index (χ2n) is 10.6. The molecule has 0 radical (unpaired) electrons. The minimum atomic E-state index is -1.00. The van der Waals surface area contributed by atoms with Crippen LogP contribution in [0.15, 0.2) is 71.1 Å². The lowest BCUT2D eigenvalue weighted by molar-refractivity contribution is -0.120. The van der Waals surface area contributed by atoms with Gasteiger partial charge >= 0.3 is 6.09 Å². The summed E-state index contributed by atoms with van der Waals surface area (Å²) in [6, 6.07) is 0. The van der Waals surface area contributed by atoms with E-state index in [1.54, 1.807) is 45.1 Å². The molecule has 0 saturated carbocycles. The lowest BCUT2D eigenvalue weighted by atomic mass is 9.85. The van der Waals surface area contributed by atoms with E-state index in [1.807, 2.05) is 6.92 Å². The van der Waals surface area contributed by atoms with Gasteiger partial charge in [-0.3, -0.25) is 14.4 Å². The third-order valence-corrected chi connectivity index (χ3v) is 7.22. The van der Waals surface area contributed by atoms with Crippen molar-refractivity contribution in [3.05, 3.63) is 71.1 Å². The van der Waals surface area contributed by atoms with E-state index >= 15 is 0 Å². The van der Waals surface area contributed by atoms with Crippen molar-refractivity contribution in [2.45, 2.75) is 65.0 Å². The monoisotopic (exact) mass is 585 g/mol. The van der Waals surface area contributed by atoms with Crippen molar-refractivity contribution < 1.29 is 38.5 Å². The summed E-state index contributed by atoms with van der Waals surface area (Å²) >= 11 is 0. The average Bonchev–Trinajstić information content (AvgIpc) is 2.94. The van der Waals surface area contributed by atoms with Crippen LogP contribution in [0.2, 0.25) is 0 Å². The Morgan fingerprint density at radius 1 is 1.21 bits per heavy atom. The second-order valence-corrected chi connectivity index (χ2v) is 10.6. The molecule has 0 unspecified atom stereocenters. The summed E-state index contributed by atoms with van der Waals surface area (Å²) in [7, 11) is 2.92. The van der Waals surface area contributed by atoms with Crippen LogP contribution in [0, 0.1) is 11.8 Å². The smallest absolute Gasteiger partial charge is 0.405 e. The van der Waals surface area contributed by atoms with Crippen LogP contribution in [0.5, 0.6) is 0 Å². The Morgan fingerprint density at radius 3 is 2.50 bits per heavy atom. The topological polar surface area (TPSA) is 166 Å². The first kappa shape index (κ1) is 34.4. The van der Waals surface area contributed by atoms with E-state index in [2.05, 4.69) is 17.2 Å². The van der Waals surface area contributed by atoms with Gasteiger partial charge in [0.15, 0.2) is 6.10 Å². The molecule has 1 heterocycles. The highest BCUT2D eigenvalue weighted by Crippen LogP contribution is 2.28. The maximum atomic E-state index is 13.5. The molecule has 1 aliphatic heterocycles. The molecule has 2 rings (SSSR count). The van der Waals surface area contributed by atoms with Gasteiger partial charge in [0.05, 0.1) is 23.6 Å². The number of aliphatic hydroxyl groups is 1. The summed E-state index contributed by atoms with van der Waals surface area (Å²) in [5, 5.41) is 16.7. The summed E-state index contributed by atoms with van der Waals surface area (Å²) in [5.74, 6) is -2.14. The van der Waals surface area contributed by atoms with E-state index < -0.39 is 53.9 Å². The molecule has 6 atom stereocenters. The van der Waals surface area contributed by atoms with Gasteiger partial charge in [-0.15, -0.1) is 6.58 Å². The average molecular weight is 586 g/mol. The summed E-state index contributed by atoms with van der Waals surface area (Å²) in [6.07, 6.45) is 5.34. The minimum Gasteiger partial charge on any atom is -0.439 e. The number of ketones is 2. The van der Waals surface area contributed by atoms with Crippen molar-refractivity contribution in [2.24, 2.45) is 17.6 Å². The molecule has 11 nitrogen and oxygen atoms in total. The van der Waals surface area contributed by atoms with Crippen LogP contribution in [0.25, 0.3) is 0 Å². The van der Waals surface area contributed by atoms with E-state index in [0.717, 1.165) is 6.08 Å². The van der Waals surface area contributed by atoms with Gasteiger partial charge in [0.25, 0.3) is 5.91 Å². The molecule has 0 aromatic heterocycles. The number of carbonyl (C=O) groups is 4. The maximum Gasteiger partial charge on any atom is 0.405 e. The van der Waals surface area contributed by atoms with Gasteiger partial charge in [-0.25, -0.2) is 4.79 Å². The number of hydrogen-bond donors (Lipinski definition) is 4. The lowest BCUT2D eigenvalue weighted by Gasteiger charge is -2.30. The molecule has 1 aliphatic carbocycles. The van der Waals surface area contributed by atoms with Crippen molar-refractivity contribution in [1.82, 2.24) is 10.6 Å². The zero-order chi connectivity index (χ0) is 31.6. The number of allylic oxidation sites excluding steroid dienone is 4. The van der Waals surface area contributed by atoms with Crippen LogP contribution in [-0.2, 0) is 28.6 Å². The Balaban J connectivity index is 2.62. The van der Waals surface area contributed by atoms with Crippen molar-refractivity contribution in [3.63, 3.8) is 0 Å². The van der Waals surface area contributed by atoms with Gasteiger partial charge in [0.2, 0.25) is 11.6 Å². The van der Waals surface area contributed by atoms with E-state index in [1.165, 1.54) is 20.3 Å².